The molecule has 1 atom stereocenters. The Labute approximate surface area is 85.1 Å². The van der Waals surface area contributed by atoms with E-state index < -0.39 is 0 Å². The van der Waals surface area contributed by atoms with Gasteiger partial charge in [-0.2, -0.15) is 0 Å². The minimum absolute atomic E-state index is 0.587. The molecule has 0 radical (unpaired) electrons. The van der Waals surface area contributed by atoms with Crippen LogP contribution in [0.4, 0.5) is 5.69 Å². The number of pyridine rings is 1. The molecule has 1 saturated heterocycles. The molecule has 76 valence electrons. The van der Waals surface area contributed by atoms with E-state index in [1.54, 1.807) is 0 Å². The summed E-state index contributed by atoms with van der Waals surface area (Å²) in [5.41, 5.74) is 2.35. The predicted molar refractivity (Wildman–Crippen MR) is 58.5 cm³/mol. The van der Waals surface area contributed by atoms with E-state index in [4.69, 9.17) is 0 Å². The van der Waals surface area contributed by atoms with E-state index in [1.807, 2.05) is 12.4 Å². The highest BCUT2D eigenvalue weighted by Gasteiger charge is 2.18. The molecule has 2 heterocycles. The molecule has 0 spiro atoms. The van der Waals surface area contributed by atoms with Crippen LogP contribution in [0.3, 0.4) is 0 Å². The molecule has 0 bridgehead atoms. The molecule has 0 aliphatic carbocycles. The first-order valence-corrected chi connectivity index (χ1v) is 5.11. The Morgan fingerprint density at radius 2 is 2.36 bits per heavy atom. The number of hydrogen-bond donors (Lipinski definition) is 1. The summed E-state index contributed by atoms with van der Waals surface area (Å²) in [5.74, 6) is 0. The maximum atomic E-state index is 4.17. The van der Waals surface area contributed by atoms with Gasteiger partial charge in [0, 0.05) is 25.0 Å². The quantitative estimate of drug-likeness (QED) is 0.768. The Kier molecular flexibility index (Phi) is 2.68. The normalized spacial score (nSPS) is 22.6. The highest BCUT2D eigenvalue weighted by molar-refractivity contribution is 5.43. The minimum atomic E-state index is 0.587. The van der Waals surface area contributed by atoms with Gasteiger partial charge in [0.1, 0.15) is 0 Å². The van der Waals surface area contributed by atoms with E-state index in [2.05, 4.69) is 35.2 Å². The average Bonchev–Trinajstić information content (AvgIpc) is 2.51. The van der Waals surface area contributed by atoms with Crippen LogP contribution in [0.2, 0.25) is 0 Å². The summed E-state index contributed by atoms with van der Waals surface area (Å²) in [6.07, 6.45) is 5.00. The Balaban J connectivity index is 1.97. The topological polar surface area (TPSA) is 28.2 Å². The first kappa shape index (κ1) is 9.46. The Morgan fingerprint density at radius 1 is 1.50 bits per heavy atom. The zero-order chi connectivity index (χ0) is 9.97. The fourth-order valence-electron chi connectivity index (χ4n) is 1.92. The van der Waals surface area contributed by atoms with Gasteiger partial charge in [-0.1, -0.05) is 0 Å². The van der Waals surface area contributed by atoms with Crippen LogP contribution in [0.25, 0.3) is 0 Å². The minimum Gasteiger partial charge on any atom is -0.380 e. The van der Waals surface area contributed by atoms with Crippen molar-refractivity contribution in [3.63, 3.8) is 0 Å². The van der Waals surface area contributed by atoms with Crippen molar-refractivity contribution in [2.45, 2.75) is 19.4 Å². The third-order valence-electron chi connectivity index (χ3n) is 2.64. The van der Waals surface area contributed by atoms with Crippen molar-refractivity contribution in [2.75, 3.05) is 25.5 Å². The smallest absolute Gasteiger partial charge is 0.0531 e. The van der Waals surface area contributed by atoms with Gasteiger partial charge < -0.3 is 10.2 Å². The zero-order valence-corrected chi connectivity index (χ0v) is 8.83. The van der Waals surface area contributed by atoms with Crippen LogP contribution in [0.15, 0.2) is 18.5 Å². The van der Waals surface area contributed by atoms with Gasteiger partial charge in [-0.25, -0.2) is 0 Å². The van der Waals surface area contributed by atoms with Crippen molar-refractivity contribution in [1.29, 1.82) is 0 Å². The molecule has 3 nitrogen and oxygen atoms in total. The van der Waals surface area contributed by atoms with Crippen molar-refractivity contribution < 1.29 is 0 Å². The molecular formula is C11H17N3. The Bertz CT molecular complexity index is 311. The summed E-state index contributed by atoms with van der Waals surface area (Å²) in [7, 11) is 2.16. The van der Waals surface area contributed by atoms with E-state index in [0.717, 1.165) is 12.2 Å². The van der Waals surface area contributed by atoms with Gasteiger partial charge in [-0.3, -0.25) is 4.98 Å². The van der Waals surface area contributed by atoms with E-state index in [-0.39, 0.29) is 0 Å². The first-order valence-electron chi connectivity index (χ1n) is 5.11. The number of anilines is 1. The first-order chi connectivity index (χ1) is 6.74. The SMILES string of the molecule is Cc1cncc(NC2CCN(C)C2)c1. The van der Waals surface area contributed by atoms with E-state index in [0.29, 0.717) is 6.04 Å². The summed E-state index contributed by atoms with van der Waals surface area (Å²) in [6.45, 7) is 4.39. The predicted octanol–water partition coefficient (Wildman–Crippen LogP) is 1.51. The monoisotopic (exact) mass is 191 g/mol. The molecule has 1 fully saturated rings. The zero-order valence-electron chi connectivity index (χ0n) is 8.83. The van der Waals surface area contributed by atoms with Gasteiger partial charge in [-0.05, 0) is 38.6 Å². The van der Waals surface area contributed by atoms with Crippen LogP contribution in [-0.4, -0.2) is 36.1 Å². The maximum Gasteiger partial charge on any atom is 0.0531 e. The van der Waals surface area contributed by atoms with Gasteiger partial charge >= 0.3 is 0 Å². The Hall–Kier alpha value is -1.09. The van der Waals surface area contributed by atoms with E-state index in [1.165, 1.54) is 18.5 Å². The fourth-order valence-corrected chi connectivity index (χ4v) is 1.92. The summed E-state index contributed by atoms with van der Waals surface area (Å²) >= 11 is 0. The summed E-state index contributed by atoms with van der Waals surface area (Å²) in [5, 5.41) is 3.51. The molecule has 1 aromatic rings. The third kappa shape index (κ3) is 2.23. The lowest BCUT2D eigenvalue weighted by Gasteiger charge is -2.14. The lowest BCUT2D eigenvalue weighted by atomic mass is 10.2. The van der Waals surface area contributed by atoms with Crippen molar-refractivity contribution >= 4 is 5.69 Å². The van der Waals surface area contributed by atoms with E-state index >= 15 is 0 Å². The summed E-state index contributed by atoms with van der Waals surface area (Å²) in [6, 6.07) is 2.73. The van der Waals surface area contributed by atoms with Crippen molar-refractivity contribution in [2.24, 2.45) is 0 Å². The summed E-state index contributed by atoms with van der Waals surface area (Å²) < 4.78 is 0. The highest BCUT2D eigenvalue weighted by atomic mass is 15.2. The lowest BCUT2D eigenvalue weighted by molar-refractivity contribution is 0.414. The van der Waals surface area contributed by atoms with Crippen molar-refractivity contribution in [3.05, 3.63) is 24.0 Å². The molecular weight excluding hydrogens is 174 g/mol. The number of rotatable bonds is 2. The van der Waals surface area contributed by atoms with Gasteiger partial charge in [0.05, 0.1) is 5.69 Å². The molecule has 14 heavy (non-hydrogen) atoms. The standard InChI is InChI=1S/C11H17N3/c1-9-5-11(7-12-6-9)13-10-3-4-14(2)8-10/h5-7,10,13H,3-4,8H2,1-2H3. The van der Waals surface area contributed by atoms with Crippen LogP contribution >= 0.6 is 0 Å². The van der Waals surface area contributed by atoms with Crippen LogP contribution < -0.4 is 5.32 Å². The number of hydrogen-bond acceptors (Lipinski definition) is 3. The number of aromatic nitrogens is 1. The molecule has 1 aliphatic rings. The number of nitrogens with zero attached hydrogens (tertiary/aromatic N) is 2. The molecule has 2 rings (SSSR count). The largest absolute Gasteiger partial charge is 0.380 e. The number of aryl methyl sites for hydroxylation is 1. The highest BCUT2D eigenvalue weighted by Crippen LogP contribution is 2.14. The maximum absolute atomic E-state index is 4.17. The Morgan fingerprint density at radius 3 is 3.00 bits per heavy atom. The number of nitrogens with one attached hydrogen (secondary N) is 1. The fraction of sp³-hybridized carbons (Fsp3) is 0.545. The molecule has 0 amide bonds. The van der Waals surface area contributed by atoms with Crippen molar-refractivity contribution in [1.82, 2.24) is 9.88 Å². The van der Waals surface area contributed by atoms with Gasteiger partial charge in [-0.15, -0.1) is 0 Å². The van der Waals surface area contributed by atoms with Crippen LogP contribution in [0.1, 0.15) is 12.0 Å². The summed E-state index contributed by atoms with van der Waals surface area (Å²) in [4.78, 5) is 6.52. The van der Waals surface area contributed by atoms with Gasteiger partial charge in [0.15, 0.2) is 0 Å². The molecule has 0 saturated carbocycles. The third-order valence-corrected chi connectivity index (χ3v) is 2.64. The molecule has 3 heteroatoms. The molecule has 1 unspecified atom stereocenters. The van der Waals surface area contributed by atoms with Gasteiger partial charge in [0.25, 0.3) is 0 Å². The molecule has 1 aromatic heterocycles. The number of likely N-dealkylation sites (tertiary alicyclic amines) is 1. The second-order valence-corrected chi connectivity index (χ2v) is 4.14. The van der Waals surface area contributed by atoms with Gasteiger partial charge in [0.2, 0.25) is 0 Å². The van der Waals surface area contributed by atoms with Crippen LogP contribution in [0, 0.1) is 6.92 Å². The molecule has 1 N–H and O–H groups in total. The van der Waals surface area contributed by atoms with Crippen LogP contribution in [0.5, 0.6) is 0 Å². The second-order valence-electron chi connectivity index (χ2n) is 4.14. The van der Waals surface area contributed by atoms with Crippen LogP contribution in [-0.2, 0) is 0 Å². The lowest BCUT2D eigenvalue weighted by Crippen LogP contribution is -2.23. The number of likely N-dealkylation sites (N-methyl/N-ethyl adjacent to an activating group) is 1. The van der Waals surface area contributed by atoms with Crippen molar-refractivity contribution in [3.8, 4) is 0 Å². The van der Waals surface area contributed by atoms with E-state index in [9.17, 15) is 0 Å². The second kappa shape index (κ2) is 3.96. The molecule has 1 aliphatic heterocycles. The average molecular weight is 191 g/mol. The molecule has 0 aromatic carbocycles.